The number of allylic oxidation sites excluding steroid dienone is 1. The van der Waals surface area contributed by atoms with Gasteiger partial charge in [0, 0.05) is 42.1 Å². The highest BCUT2D eigenvalue weighted by Crippen LogP contribution is 2.35. The lowest BCUT2D eigenvalue weighted by atomic mass is 10.2. The normalized spacial score (nSPS) is 14.1. The van der Waals surface area contributed by atoms with Crippen molar-refractivity contribution in [2.45, 2.75) is 6.42 Å². The van der Waals surface area contributed by atoms with Crippen LogP contribution in [0.3, 0.4) is 0 Å². The third-order valence-electron chi connectivity index (χ3n) is 6.11. The van der Waals surface area contributed by atoms with E-state index in [1.807, 2.05) is 36.7 Å². The van der Waals surface area contributed by atoms with E-state index in [1.165, 1.54) is 0 Å². The largest absolute Gasteiger partial charge is 0.295 e. The number of aliphatic imine (C=N–C) groups is 1. The quantitative estimate of drug-likeness (QED) is 0.382. The highest BCUT2D eigenvalue weighted by molar-refractivity contribution is 6.12. The molecule has 0 saturated heterocycles. The molecule has 2 aromatic carbocycles. The summed E-state index contributed by atoms with van der Waals surface area (Å²) in [5, 5.41) is 1.09. The summed E-state index contributed by atoms with van der Waals surface area (Å²) < 4.78 is 4.39. The molecule has 152 valence electrons. The van der Waals surface area contributed by atoms with Gasteiger partial charge in [0.25, 0.3) is 0 Å². The lowest BCUT2D eigenvalue weighted by molar-refractivity contribution is 0.955. The van der Waals surface area contributed by atoms with Crippen molar-refractivity contribution >= 4 is 56.2 Å². The smallest absolute Gasteiger partial charge is 0.166 e. The average molecular weight is 414 g/mol. The van der Waals surface area contributed by atoms with Gasteiger partial charge in [-0.05, 0) is 36.4 Å². The van der Waals surface area contributed by atoms with E-state index in [1.54, 1.807) is 0 Å². The van der Waals surface area contributed by atoms with Crippen molar-refractivity contribution in [2.75, 3.05) is 6.54 Å². The molecule has 0 amide bonds. The average Bonchev–Trinajstić information content (AvgIpc) is 3.36. The first-order valence-corrected chi connectivity index (χ1v) is 10.7. The molecule has 6 aromatic rings. The van der Waals surface area contributed by atoms with Gasteiger partial charge >= 0.3 is 0 Å². The Kier molecular flexibility index (Phi) is 3.58. The minimum atomic E-state index is 0.774. The van der Waals surface area contributed by atoms with Crippen molar-refractivity contribution in [2.24, 2.45) is 4.99 Å². The van der Waals surface area contributed by atoms with Crippen molar-refractivity contribution in [1.29, 1.82) is 0 Å². The van der Waals surface area contributed by atoms with Gasteiger partial charge in [0.15, 0.2) is 11.3 Å². The van der Waals surface area contributed by atoms with Crippen LogP contribution in [0, 0.1) is 0 Å². The lowest BCUT2D eigenvalue weighted by Crippen LogP contribution is -2.04. The van der Waals surface area contributed by atoms with Crippen LogP contribution in [0.15, 0.2) is 84.0 Å². The van der Waals surface area contributed by atoms with E-state index in [9.17, 15) is 0 Å². The molecule has 1 aliphatic rings. The summed E-state index contributed by atoms with van der Waals surface area (Å²) in [6.07, 6.45) is 6.62. The monoisotopic (exact) mass is 414 g/mol. The molecule has 0 bridgehead atoms. The van der Waals surface area contributed by atoms with Gasteiger partial charge in [-0.25, -0.2) is 9.97 Å². The summed E-state index contributed by atoms with van der Waals surface area (Å²) in [6, 6.07) is 22.7. The summed E-state index contributed by atoms with van der Waals surface area (Å²) in [5.74, 6) is 0. The Bertz CT molecular complexity index is 1720. The van der Waals surface area contributed by atoms with Gasteiger partial charge in [0.2, 0.25) is 0 Å². The molecule has 4 aromatic heterocycles. The molecule has 5 heterocycles. The van der Waals surface area contributed by atoms with Crippen LogP contribution in [0.5, 0.6) is 0 Å². The molecule has 6 heteroatoms. The summed E-state index contributed by atoms with van der Waals surface area (Å²) in [7, 11) is 0. The zero-order valence-corrected chi connectivity index (χ0v) is 17.2. The zero-order chi connectivity index (χ0) is 21.1. The van der Waals surface area contributed by atoms with Gasteiger partial charge in [-0.1, -0.05) is 36.4 Å². The van der Waals surface area contributed by atoms with E-state index in [0.717, 1.165) is 68.6 Å². The number of pyridine rings is 1. The Labute approximate surface area is 183 Å². The van der Waals surface area contributed by atoms with E-state index in [2.05, 4.69) is 62.7 Å². The Morgan fingerprint density at radius 1 is 0.688 bits per heavy atom. The first kappa shape index (κ1) is 17.4. The number of benzene rings is 2. The predicted octanol–water partition coefficient (Wildman–Crippen LogP) is 5.39. The molecule has 0 unspecified atom stereocenters. The molecular weight excluding hydrogens is 396 g/mol. The third-order valence-corrected chi connectivity index (χ3v) is 6.11. The number of hydrogen-bond donors (Lipinski definition) is 0. The fourth-order valence-corrected chi connectivity index (χ4v) is 4.72. The predicted molar refractivity (Wildman–Crippen MR) is 129 cm³/mol. The van der Waals surface area contributed by atoms with Crippen LogP contribution in [0.2, 0.25) is 0 Å². The van der Waals surface area contributed by atoms with Crippen molar-refractivity contribution in [1.82, 2.24) is 24.1 Å². The number of fused-ring (bicyclic) bond motifs is 6. The van der Waals surface area contributed by atoms with Crippen LogP contribution in [0.4, 0.5) is 0 Å². The maximum Gasteiger partial charge on any atom is 0.166 e. The second-order valence-electron chi connectivity index (χ2n) is 7.93. The van der Waals surface area contributed by atoms with E-state index in [0.29, 0.717) is 0 Å². The summed E-state index contributed by atoms with van der Waals surface area (Å²) in [5.41, 5.74) is 8.59. The topological polar surface area (TPSA) is 60.9 Å². The van der Waals surface area contributed by atoms with Crippen LogP contribution >= 0.6 is 0 Å². The SMILES string of the molecule is C1=NCCC(n2c3cccnc3c3nc4c(nc32)c2ccccc2n4-c2ccccc2)=C1. The molecule has 0 fully saturated rings. The van der Waals surface area contributed by atoms with Crippen LogP contribution in [-0.2, 0) is 0 Å². The minimum absolute atomic E-state index is 0.774. The maximum absolute atomic E-state index is 5.22. The van der Waals surface area contributed by atoms with E-state index in [-0.39, 0.29) is 0 Å². The number of dihydropyridines is 1. The summed E-state index contributed by atoms with van der Waals surface area (Å²) >= 11 is 0. The third kappa shape index (κ3) is 2.34. The summed E-state index contributed by atoms with van der Waals surface area (Å²) in [6.45, 7) is 0.774. The van der Waals surface area contributed by atoms with Crippen molar-refractivity contribution in [3.63, 3.8) is 0 Å². The lowest BCUT2D eigenvalue weighted by Gasteiger charge is -2.12. The highest BCUT2D eigenvalue weighted by atomic mass is 15.1. The zero-order valence-electron chi connectivity index (χ0n) is 17.2. The minimum Gasteiger partial charge on any atom is -0.295 e. The van der Waals surface area contributed by atoms with E-state index >= 15 is 0 Å². The van der Waals surface area contributed by atoms with Gasteiger partial charge in [-0.2, -0.15) is 0 Å². The van der Waals surface area contributed by atoms with Gasteiger partial charge in [0.1, 0.15) is 16.6 Å². The Morgan fingerprint density at radius 2 is 1.47 bits per heavy atom. The first-order chi connectivity index (χ1) is 15.9. The molecule has 6 nitrogen and oxygen atoms in total. The van der Waals surface area contributed by atoms with Crippen LogP contribution in [0.25, 0.3) is 55.6 Å². The van der Waals surface area contributed by atoms with Crippen LogP contribution in [-0.4, -0.2) is 36.8 Å². The van der Waals surface area contributed by atoms with Gasteiger partial charge in [-0.15, -0.1) is 0 Å². The second kappa shape index (κ2) is 6.59. The Balaban J connectivity index is 1.68. The Morgan fingerprint density at radius 3 is 2.34 bits per heavy atom. The molecule has 0 aliphatic carbocycles. The first-order valence-electron chi connectivity index (χ1n) is 10.7. The number of aromatic nitrogens is 5. The van der Waals surface area contributed by atoms with Crippen molar-refractivity contribution < 1.29 is 0 Å². The number of nitrogens with zero attached hydrogens (tertiary/aromatic N) is 6. The molecular formula is C26H18N6. The standard InChI is InChI=1S/C26H18N6/c1-2-7-17(8-3-1)31-20-10-5-4-9-19(20)22-25(31)30-24-23-21(11-6-14-28-23)32(26(24)29-22)18-12-15-27-16-13-18/h1-12,14-15H,13,16H2. The highest BCUT2D eigenvalue weighted by Gasteiger charge is 2.22. The fraction of sp³-hybridized carbons (Fsp3) is 0.0769. The number of para-hydroxylation sites is 2. The van der Waals surface area contributed by atoms with Crippen LogP contribution in [0.1, 0.15) is 6.42 Å². The van der Waals surface area contributed by atoms with Crippen LogP contribution < -0.4 is 0 Å². The molecule has 0 saturated carbocycles. The fourth-order valence-electron chi connectivity index (χ4n) is 4.72. The molecule has 32 heavy (non-hydrogen) atoms. The number of hydrogen-bond acceptors (Lipinski definition) is 4. The van der Waals surface area contributed by atoms with E-state index < -0.39 is 0 Å². The molecule has 0 N–H and O–H groups in total. The maximum atomic E-state index is 5.22. The van der Waals surface area contributed by atoms with Crippen molar-refractivity contribution in [3.8, 4) is 5.69 Å². The molecule has 0 atom stereocenters. The second-order valence-corrected chi connectivity index (χ2v) is 7.93. The molecule has 7 rings (SSSR count). The van der Waals surface area contributed by atoms with Gasteiger partial charge < -0.3 is 0 Å². The molecule has 1 aliphatic heterocycles. The van der Waals surface area contributed by atoms with Gasteiger partial charge in [0.05, 0.1) is 11.0 Å². The Hall–Kier alpha value is -4.32. The number of rotatable bonds is 2. The van der Waals surface area contributed by atoms with E-state index in [4.69, 9.17) is 15.0 Å². The van der Waals surface area contributed by atoms with Gasteiger partial charge in [-0.3, -0.25) is 19.1 Å². The molecule has 0 spiro atoms. The summed E-state index contributed by atoms with van der Waals surface area (Å²) in [4.78, 5) is 19.5. The molecule has 0 radical (unpaired) electrons. The van der Waals surface area contributed by atoms with Crippen molar-refractivity contribution in [3.05, 3.63) is 79.0 Å².